The fraction of sp³-hybridized carbons (Fsp3) is 0.875. The minimum Gasteiger partial charge on any atom is -0.433 e. The van der Waals surface area contributed by atoms with Crippen LogP contribution in [-0.4, -0.2) is 17.9 Å². The van der Waals surface area contributed by atoms with E-state index < -0.39 is 5.79 Å². The van der Waals surface area contributed by atoms with Crippen molar-refractivity contribution in [2.24, 2.45) is 0 Å². The minimum atomic E-state index is -0.686. The lowest BCUT2D eigenvalue weighted by atomic mass is 10.2. The molecule has 3 nitrogen and oxygen atoms in total. The maximum atomic E-state index is 10.9. The molecule has 1 heterocycles. The summed E-state index contributed by atoms with van der Waals surface area (Å²) in [5.74, 6) is -0.845. The van der Waals surface area contributed by atoms with Gasteiger partial charge in [-0.1, -0.05) is 6.92 Å². The number of carbonyl (C=O) groups excluding carboxylic acids is 1. The lowest BCUT2D eigenvalue weighted by molar-refractivity contribution is -0.263. The molecule has 0 bridgehead atoms. The third-order valence-electron chi connectivity index (χ3n) is 1.88. The van der Waals surface area contributed by atoms with E-state index in [1.807, 2.05) is 13.8 Å². The third-order valence-corrected chi connectivity index (χ3v) is 1.88. The Bertz CT molecular complexity index is 167. The maximum absolute atomic E-state index is 10.9. The van der Waals surface area contributed by atoms with Gasteiger partial charge in [0.05, 0.1) is 12.5 Å². The molecular weight excluding hydrogens is 144 g/mol. The van der Waals surface area contributed by atoms with E-state index in [4.69, 9.17) is 9.47 Å². The van der Waals surface area contributed by atoms with Crippen LogP contribution in [-0.2, 0) is 14.3 Å². The van der Waals surface area contributed by atoms with Crippen molar-refractivity contribution < 1.29 is 14.3 Å². The van der Waals surface area contributed by atoms with E-state index in [0.717, 1.165) is 0 Å². The van der Waals surface area contributed by atoms with Gasteiger partial charge in [0.2, 0.25) is 5.79 Å². The smallest absolute Gasteiger partial charge is 0.310 e. The van der Waals surface area contributed by atoms with Gasteiger partial charge in [0.25, 0.3) is 0 Å². The molecule has 11 heavy (non-hydrogen) atoms. The highest BCUT2D eigenvalue weighted by Gasteiger charge is 2.35. The zero-order valence-electron chi connectivity index (χ0n) is 7.22. The van der Waals surface area contributed by atoms with Crippen molar-refractivity contribution in [2.45, 2.75) is 45.5 Å². The van der Waals surface area contributed by atoms with Gasteiger partial charge in [0.1, 0.15) is 0 Å². The van der Waals surface area contributed by atoms with Crippen LogP contribution < -0.4 is 0 Å². The normalized spacial score (nSPS) is 38.5. The second-order valence-electron chi connectivity index (χ2n) is 3.09. The van der Waals surface area contributed by atoms with E-state index in [9.17, 15) is 4.79 Å². The average molecular weight is 158 g/mol. The van der Waals surface area contributed by atoms with Gasteiger partial charge in [0, 0.05) is 13.3 Å². The van der Waals surface area contributed by atoms with Gasteiger partial charge in [-0.15, -0.1) is 0 Å². The molecule has 0 aromatic heterocycles. The lowest BCUT2D eigenvalue weighted by Crippen LogP contribution is -2.43. The van der Waals surface area contributed by atoms with Crippen molar-refractivity contribution >= 4 is 5.97 Å². The summed E-state index contributed by atoms with van der Waals surface area (Å²) < 4.78 is 10.5. The molecule has 2 unspecified atom stereocenters. The molecule has 64 valence electrons. The van der Waals surface area contributed by atoms with Gasteiger partial charge >= 0.3 is 5.97 Å². The van der Waals surface area contributed by atoms with Crippen LogP contribution in [0.2, 0.25) is 0 Å². The molecule has 1 saturated heterocycles. The molecular formula is C8H14O3. The summed E-state index contributed by atoms with van der Waals surface area (Å²) in [6.07, 6.45) is 1.06. The topological polar surface area (TPSA) is 35.5 Å². The first-order chi connectivity index (χ1) is 5.06. The Balaban J connectivity index is 2.62. The van der Waals surface area contributed by atoms with E-state index in [0.29, 0.717) is 12.8 Å². The van der Waals surface area contributed by atoms with E-state index in [-0.39, 0.29) is 12.1 Å². The fourth-order valence-corrected chi connectivity index (χ4v) is 1.16. The molecule has 1 aliphatic rings. The summed E-state index contributed by atoms with van der Waals surface area (Å²) >= 11 is 0. The number of ether oxygens (including phenoxy) is 2. The Morgan fingerprint density at radius 3 is 2.82 bits per heavy atom. The van der Waals surface area contributed by atoms with E-state index in [1.54, 1.807) is 6.92 Å². The second-order valence-corrected chi connectivity index (χ2v) is 3.09. The largest absolute Gasteiger partial charge is 0.433 e. The zero-order valence-corrected chi connectivity index (χ0v) is 7.22. The van der Waals surface area contributed by atoms with Crippen LogP contribution in [0, 0.1) is 0 Å². The summed E-state index contributed by atoms with van der Waals surface area (Å²) in [6, 6.07) is 0. The molecule has 0 aromatic carbocycles. The molecule has 1 rings (SSSR count). The van der Waals surface area contributed by atoms with Crippen LogP contribution in [0.15, 0.2) is 0 Å². The summed E-state index contributed by atoms with van der Waals surface area (Å²) in [5.41, 5.74) is 0. The van der Waals surface area contributed by atoms with Crippen LogP contribution in [0.25, 0.3) is 0 Å². The number of hydrogen-bond donors (Lipinski definition) is 0. The molecule has 0 aliphatic carbocycles. The monoisotopic (exact) mass is 158 g/mol. The first kappa shape index (κ1) is 8.53. The van der Waals surface area contributed by atoms with E-state index in [2.05, 4.69) is 0 Å². The summed E-state index contributed by atoms with van der Waals surface area (Å²) in [7, 11) is 0. The number of esters is 1. The van der Waals surface area contributed by atoms with Gasteiger partial charge in [0.15, 0.2) is 0 Å². The highest BCUT2D eigenvalue weighted by atomic mass is 16.7. The van der Waals surface area contributed by atoms with Crippen LogP contribution >= 0.6 is 0 Å². The summed E-state index contributed by atoms with van der Waals surface area (Å²) in [5, 5.41) is 0. The highest BCUT2D eigenvalue weighted by molar-refractivity contribution is 5.70. The minimum absolute atomic E-state index is 0.0128. The summed E-state index contributed by atoms with van der Waals surface area (Å²) in [4.78, 5) is 10.9. The van der Waals surface area contributed by atoms with E-state index in [1.165, 1.54) is 0 Å². The second kappa shape index (κ2) is 2.81. The third kappa shape index (κ3) is 1.93. The van der Waals surface area contributed by atoms with Crippen LogP contribution in [0.5, 0.6) is 0 Å². The van der Waals surface area contributed by atoms with Crippen molar-refractivity contribution in [3.05, 3.63) is 0 Å². The Hall–Kier alpha value is -0.570. The van der Waals surface area contributed by atoms with Gasteiger partial charge in [-0.2, -0.15) is 0 Å². The van der Waals surface area contributed by atoms with Crippen LogP contribution in [0.3, 0.4) is 0 Å². The van der Waals surface area contributed by atoms with Crippen molar-refractivity contribution in [1.82, 2.24) is 0 Å². The molecule has 0 aromatic rings. The number of carbonyl (C=O) groups is 1. The van der Waals surface area contributed by atoms with Gasteiger partial charge in [-0.05, 0) is 6.92 Å². The van der Waals surface area contributed by atoms with Crippen molar-refractivity contribution in [2.75, 3.05) is 0 Å². The molecule has 2 atom stereocenters. The zero-order chi connectivity index (χ0) is 8.48. The fourth-order valence-electron chi connectivity index (χ4n) is 1.16. The lowest BCUT2D eigenvalue weighted by Gasteiger charge is -2.35. The van der Waals surface area contributed by atoms with Crippen molar-refractivity contribution in [3.63, 3.8) is 0 Å². The van der Waals surface area contributed by atoms with Gasteiger partial charge in [-0.3, -0.25) is 4.79 Å². The quantitative estimate of drug-likeness (QED) is 0.542. The Labute approximate surface area is 66.7 Å². The molecule has 3 heteroatoms. The Morgan fingerprint density at radius 2 is 2.36 bits per heavy atom. The predicted octanol–water partition coefficient (Wildman–Crippen LogP) is 1.46. The highest BCUT2D eigenvalue weighted by Crippen LogP contribution is 2.25. The Kier molecular flexibility index (Phi) is 2.18. The van der Waals surface area contributed by atoms with Crippen molar-refractivity contribution in [3.8, 4) is 0 Å². The Morgan fingerprint density at radius 1 is 1.73 bits per heavy atom. The van der Waals surface area contributed by atoms with Crippen LogP contribution in [0.1, 0.15) is 33.6 Å². The molecule has 1 fully saturated rings. The van der Waals surface area contributed by atoms with Gasteiger partial charge < -0.3 is 9.47 Å². The molecule has 0 N–H and O–H groups in total. The summed E-state index contributed by atoms with van der Waals surface area (Å²) in [6.45, 7) is 5.61. The molecule has 0 amide bonds. The molecule has 0 saturated carbocycles. The number of rotatable bonds is 1. The first-order valence-corrected chi connectivity index (χ1v) is 3.95. The number of cyclic esters (lactones) is 1. The molecule has 0 spiro atoms. The standard InChI is InChI=1S/C8H14O3/c1-4-8(3)10-6(2)5-7(9)11-8/h6H,4-5H2,1-3H3. The number of hydrogen-bond acceptors (Lipinski definition) is 3. The average Bonchev–Trinajstić information content (AvgIpc) is 1.84. The predicted molar refractivity (Wildman–Crippen MR) is 40.0 cm³/mol. The van der Waals surface area contributed by atoms with Crippen LogP contribution in [0.4, 0.5) is 0 Å². The molecule has 0 radical (unpaired) electrons. The van der Waals surface area contributed by atoms with E-state index >= 15 is 0 Å². The SMILES string of the molecule is CCC1(C)OC(=O)CC(C)O1. The van der Waals surface area contributed by atoms with Gasteiger partial charge in [-0.25, -0.2) is 0 Å². The first-order valence-electron chi connectivity index (χ1n) is 3.95. The maximum Gasteiger partial charge on any atom is 0.310 e. The molecule has 1 aliphatic heterocycles. The van der Waals surface area contributed by atoms with Crippen molar-refractivity contribution in [1.29, 1.82) is 0 Å².